The van der Waals surface area contributed by atoms with Gasteiger partial charge in [-0.3, -0.25) is 14.4 Å². The number of ether oxygens (including phenoxy) is 3. The Bertz CT molecular complexity index is 1060. The minimum absolute atomic E-state index is 0.0622. The van der Waals surface area contributed by atoms with Crippen LogP contribution in [0.25, 0.3) is 0 Å². The molecule has 1 unspecified atom stereocenters. The zero-order chi connectivity index (χ0) is 50.4. The molecule has 0 spiro atoms. The molecule has 2 atom stereocenters. The van der Waals surface area contributed by atoms with E-state index in [1.165, 1.54) is 244 Å². The molecule has 0 aromatic heterocycles. The molecule has 0 N–H and O–H groups in total. The molecule has 6 heteroatoms. The van der Waals surface area contributed by atoms with Gasteiger partial charge < -0.3 is 14.2 Å². The summed E-state index contributed by atoms with van der Waals surface area (Å²) in [5, 5.41) is 0. The Labute approximate surface area is 431 Å². The van der Waals surface area contributed by atoms with Gasteiger partial charge in [0.25, 0.3) is 0 Å². The second kappa shape index (κ2) is 55.7. The average molecular weight is 976 g/mol. The highest BCUT2D eigenvalue weighted by atomic mass is 16.6. The fourth-order valence-electron chi connectivity index (χ4n) is 9.73. The second-order valence-corrected chi connectivity index (χ2v) is 22.4. The summed E-state index contributed by atoms with van der Waals surface area (Å²) in [6.45, 7) is 11.5. The number of hydrogen-bond donors (Lipinski definition) is 0. The van der Waals surface area contributed by atoms with Crippen LogP contribution in [0.15, 0.2) is 0 Å². The maximum Gasteiger partial charge on any atom is 0.306 e. The quantitative estimate of drug-likeness (QED) is 0.0343. The lowest BCUT2D eigenvalue weighted by Gasteiger charge is -2.18. The Morgan fingerprint density at radius 1 is 0.304 bits per heavy atom. The number of rotatable bonds is 57. The molecular weight excluding hydrogens is 853 g/mol. The Hall–Kier alpha value is -1.59. The van der Waals surface area contributed by atoms with E-state index in [2.05, 4.69) is 34.6 Å². The van der Waals surface area contributed by atoms with E-state index < -0.39 is 6.10 Å². The number of unbranched alkanes of at least 4 members (excludes halogenated alkanes) is 41. The Morgan fingerprint density at radius 2 is 0.551 bits per heavy atom. The van der Waals surface area contributed by atoms with Gasteiger partial charge in [-0.05, 0) is 31.1 Å². The fourth-order valence-corrected chi connectivity index (χ4v) is 9.73. The van der Waals surface area contributed by atoms with Crippen molar-refractivity contribution in [3.05, 3.63) is 0 Å². The van der Waals surface area contributed by atoms with Crippen LogP contribution in [0.3, 0.4) is 0 Å². The van der Waals surface area contributed by atoms with E-state index in [9.17, 15) is 14.4 Å². The van der Waals surface area contributed by atoms with Crippen LogP contribution in [-0.2, 0) is 28.6 Å². The first-order valence-electron chi connectivity index (χ1n) is 31.3. The predicted molar refractivity (Wildman–Crippen MR) is 298 cm³/mol. The van der Waals surface area contributed by atoms with Gasteiger partial charge in [0, 0.05) is 19.3 Å². The van der Waals surface area contributed by atoms with Crippen LogP contribution in [-0.4, -0.2) is 37.2 Å². The van der Waals surface area contributed by atoms with Crippen molar-refractivity contribution >= 4 is 17.9 Å². The summed E-state index contributed by atoms with van der Waals surface area (Å²) in [6.07, 6.45) is 61.0. The Morgan fingerprint density at radius 3 is 0.826 bits per heavy atom. The van der Waals surface area contributed by atoms with E-state index >= 15 is 0 Å². The van der Waals surface area contributed by atoms with E-state index in [4.69, 9.17) is 14.2 Å². The average Bonchev–Trinajstić information content (AvgIpc) is 3.34. The molecule has 0 radical (unpaired) electrons. The lowest BCUT2D eigenvalue weighted by atomic mass is 9.99. The van der Waals surface area contributed by atoms with Gasteiger partial charge in [0.1, 0.15) is 13.2 Å². The summed E-state index contributed by atoms with van der Waals surface area (Å²) in [4.78, 5) is 38.2. The lowest BCUT2D eigenvalue weighted by Crippen LogP contribution is -2.30. The van der Waals surface area contributed by atoms with Crippen LogP contribution in [0.4, 0.5) is 0 Å². The molecule has 0 aromatic carbocycles. The first kappa shape index (κ1) is 67.4. The number of esters is 3. The van der Waals surface area contributed by atoms with Crippen molar-refractivity contribution in [2.45, 2.75) is 362 Å². The summed E-state index contributed by atoms with van der Waals surface area (Å²) < 4.78 is 16.9. The van der Waals surface area contributed by atoms with Crippen molar-refractivity contribution in [3.8, 4) is 0 Å². The van der Waals surface area contributed by atoms with Gasteiger partial charge in [-0.1, -0.05) is 317 Å². The summed E-state index contributed by atoms with van der Waals surface area (Å²) in [5.41, 5.74) is 0. The summed E-state index contributed by atoms with van der Waals surface area (Å²) in [7, 11) is 0. The van der Waals surface area contributed by atoms with Crippen molar-refractivity contribution in [1.29, 1.82) is 0 Å². The molecule has 0 fully saturated rings. The van der Waals surface area contributed by atoms with E-state index in [-0.39, 0.29) is 31.1 Å². The summed E-state index contributed by atoms with van der Waals surface area (Å²) >= 11 is 0. The van der Waals surface area contributed by atoms with Crippen LogP contribution in [0, 0.1) is 11.8 Å². The lowest BCUT2D eigenvalue weighted by molar-refractivity contribution is -0.167. The molecule has 0 saturated carbocycles. The van der Waals surface area contributed by atoms with Gasteiger partial charge in [0.15, 0.2) is 6.10 Å². The third kappa shape index (κ3) is 55.6. The number of carbonyl (C=O) groups is 3. The normalized spacial score (nSPS) is 12.4. The molecular formula is C63H122O6. The molecule has 0 bridgehead atoms. The van der Waals surface area contributed by atoms with Gasteiger partial charge in [0.2, 0.25) is 0 Å². The fraction of sp³-hybridized carbons (Fsp3) is 0.952. The van der Waals surface area contributed by atoms with Crippen molar-refractivity contribution in [1.82, 2.24) is 0 Å². The standard InChI is InChI=1S/C63H122O6/c1-6-8-9-10-11-12-13-14-19-23-28-33-38-43-48-53-61(64)67-56-60(69-63(66)55-50-45-40-35-30-25-26-31-36-41-46-51-58(3)4)57-68-62(65)54-49-44-39-34-29-24-21-18-16-15-17-20-22-27-32-37-42-47-52-59(5)7-2/h58-60H,6-57H2,1-5H3/t59?,60-/m0/s1. The van der Waals surface area contributed by atoms with Crippen molar-refractivity contribution in [3.63, 3.8) is 0 Å². The molecule has 0 aromatic rings. The SMILES string of the molecule is CCCCCCCCCCCCCCCCCC(=O)OC[C@@H](COC(=O)CCCCCCCCCCCCCCCCCCCCC(C)CC)OC(=O)CCCCCCCCCCCCCC(C)C. The second-order valence-electron chi connectivity index (χ2n) is 22.4. The van der Waals surface area contributed by atoms with Crippen LogP contribution in [0.1, 0.15) is 356 Å². The smallest absolute Gasteiger partial charge is 0.306 e. The van der Waals surface area contributed by atoms with Crippen LogP contribution < -0.4 is 0 Å². The minimum atomic E-state index is -0.763. The van der Waals surface area contributed by atoms with Gasteiger partial charge >= 0.3 is 17.9 Å². The summed E-state index contributed by atoms with van der Waals surface area (Å²) in [6, 6.07) is 0. The molecule has 0 amide bonds. The van der Waals surface area contributed by atoms with Crippen molar-refractivity contribution in [2.75, 3.05) is 13.2 Å². The number of carbonyl (C=O) groups excluding carboxylic acids is 3. The zero-order valence-electron chi connectivity index (χ0n) is 47.5. The summed E-state index contributed by atoms with van der Waals surface area (Å²) in [5.74, 6) is 0.901. The van der Waals surface area contributed by atoms with E-state index in [1.54, 1.807) is 0 Å². The molecule has 0 rings (SSSR count). The van der Waals surface area contributed by atoms with E-state index in [1.807, 2.05) is 0 Å². The zero-order valence-corrected chi connectivity index (χ0v) is 47.5. The Balaban J connectivity index is 4.24. The van der Waals surface area contributed by atoms with E-state index in [0.717, 1.165) is 69.6 Å². The van der Waals surface area contributed by atoms with Crippen molar-refractivity contribution < 1.29 is 28.6 Å². The first-order chi connectivity index (χ1) is 33.8. The monoisotopic (exact) mass is 975 g/mol. The third-order valence-corrected chi connectivity index (χ3v) is 14.8. The molecule has 6 nitrogen and oxygen atoms in total. The molecule has 0 heterocycles. The predicted octanol–water partition coefficient (Wildman–Crippen LogP) is 20.8. The minimum Gasteiger partial charge on any atom is -0.462 e. The molecule has 0 saturated heterocycles. The molecule has 0 aliphatic rings. The van der Waals surface area contributed by atoms with Gasteiger partial charge in [0.05, 0.1) is 0 Å². The van der Waals surface area contributed by atoms with Gasteiger partial charge in [-0.25, -0.2) is 0 Å². The molecule has 0 aliphatic carbocycles. The van der Waals surface area contributed by atoms with Crippen LogP contribution in [0.2, 0.25) is 0 Å². The number of hydrogen-bond acceptors (Lipinski definition) is 6. The third-order valence-electron chi connectivity index (χ3n) is 14.8. The largest absolute Gasteiger partial charge is 0.462 e. The molecule has 410 valence electrons. The van der Waals surface area contributed by atoms with Crippen LogP contribution in [0.5, 0.6) is 0 Å². The highest BCUT2D eigenvalue weighted by Gasteiger charge is 2.19. The molecule has 0 aliphatic heterocycles. The van der Waals surface area contributed by atoms with Crippen LogP contribution >= 0.6 is 0 Å². The molecule has 69 heavy (non-hydrogen) atoms. The van der Waals surface area contributed by atoms with Gasteiger partial charge in [-0.2, -0.15) is 0 Å². The first-order valence-corrected chi connectivity index (χ1v) is 31.3. The van der Waals surface area contributed by atoms with E-state index in [0.29, 0.717) is 19.3 Å². The van der Waals surface area contributed by atoms with Gasteiger partial charge in [-0.15, -0.1) is 0 Å². The highest BCUT2D eigenvalue weighted by Crippen LogP contribution is 2.19. The topological polar surface area (TPSA) is 78.9 Å². The van der Waals surface area contributed by atoms with Crippen molar-refractivity contribution in [2.24, 2.45) is 11.8 Å². The maximum atomic E-state index is 12.9. The maximum absolute atomic E-state index is 12.9. The highest BCUT2D eigenvalue weighted by molar-refractivity contribution is 5.71. The Kier molecular flexibility index (Phi) is 54.4.